The molecule has 0 bridgehead atoms. The van der Waals surface area contributed by atoms with Gasteiger partial charge in [-0.15, -0.1) is 0 Å². The van der Waals surface area contributed by atoms with Crippen LogP contribution in [-0.4, -0.2) is 56.2 Å². The monoisotopic (exact) mass is 444 g/mol. The molecule has 1 N–H and O–H groups in total. The second-order valence-electron chi connectivity index (χ2n) is 8.87. The van der Waals surface area contributed by atoms with Crippen molar-refractivity contribution in [1.82, 2.24) is 30.0 Å². The summed E-state index contributed by atoms with van der Waals surface area (Å²) in [6.07, 6.45) is 7.92. The lowest BCUT2D eigenvalue weighted by molar-refractivity contribution is 0.0948. The first-order valence-corrected chi connectivity index (χ1v) is 11.4. The largest absolute Gasteiger partial charge is 0.467 e. The molecule has 0 aromatic carbocycles. The number of aromatic nitrogens is 4. The van der Waals surface area contributed by atoms with Gasteiger partial charge in [0.15, 0.2) is 5.65 Å². The SMILES string of the molecule is CC(C)N1CCC(CNC(=O)c2cc(-c3cccnc3)nc3c2cnn3Cc2ccco2)C1. The molecule has 8 heteroatoms. The second-order valence-corrected chi connectivity index (χ2v) is 8.87. The Morgan fingerprint density at radius 1 is 1.27 bits per heavy atom. The molecule has 170 valence electrons. The Balaban J connectivity index is 1.45. The number of carbonyl (C=O) groups excluding carboxylic acids is 1. The van der Waals surface area contributed by atoms with Crippen molar-refractivity contribution >= 4 is 16.9 Å². The standard InChI is InChI=1S/C25H28N6O2/c1-17(2)30-9-7-18(15-30)12-27-25(32)21-11-23(19-5-3-8-26-13-19)29-24-22(21)14-28-31(24)16-20-6-4-10-33-20/h3-6,8,10-11,13-14,17-18H,7,9,12,15-16H2,1-2H3,(H,27,32). The minimum absolute atomic E-state index is 0.104. The molecular weight excluding hydrogens is 416 g/mol. The fourth-order valence-corrected chi connectivity index (χ4v) is 4.39. The van der Waals surface area contributed by atoms with Crippen LogP contribution >= 0.6 is 0 Å². The molecule has 1 fully saturated rings. The summed E-state index contributed by atoms with van der Waals surface area (Å²) in [7, 11) is 0. The molecule has 0 spiro atoms. The Hall–Kier alpha value is -3.52. The van der Waals surface area contributed by atoms with Gasteiger partial charge in [-0.05, 0) is 63.1 Å². The van der Waals surface area contributed by atoms with Gasteiger partial charge >= 0.3 is 0 Å². The number of amides is 1. The molecule has 0 saturated carbocycles. The number of rotatable bonds is 7. The maximum absolute atomic E-state index is 13.3. The van der Waals surface area contributed by atoms with Crippen LogP contribution in [0.2, 0.25) is 0 Å². The molecule has 1 atom stereocenters. The summed E-state index contributed by atoms with van der Waals surface area (Å²) in [5.74, 6) is 1.14. The van der Waals surface area contributed by atoms with Gasteiger partial charge in [0.05, 0.1) is 29.1 Å². The van der Waals surface area contributed by atoms with Crippen LogP contribution in [0.3, 0.4) is 0 Å². The van der Waals surface area contributed by atoms with Crippen LogP contribution < -0.4 is 5.32 Å². The zero-order chi connectivity index (χ0) is 22.8. The summed E-state index contributed by atoms with van der Waals surface area (Å²) in [4.78, 5) is 24.8. The van der Waals surface area contributed by atoms with Gasteiger partial charge in [-0.2, -0.15) is 5.10 Å². The van der Waals surface area contributed by atoms with E-state index in [9.17, 15) is 4.79 Å². The van der Waals surface area contributed by atoms with E-state index in [1.807, 2.05) is 30.3 Å². The van der Waals surface area contributed by atoms with E-state index in [2.05, 4.69) is 34.1 Å². The van der Waals surface area contributed by atoms with Crippen molar-refractivity contribution in [2.24, 2.45) is 5.92 Å². The molecule has 0 aliphatic carbocycles. The van der Waals surface area contributed by atoms with Gasteiger partial charge in [-0.3, -0.25) is 9.78 Å². The molecule has 1 unspecified atom stereocenters. The van der Waals surface area contributed by atoms with E-state index in [0.29, 0.717) is 42.0 Å². The highest BCUT2D eigenvalue weighted by Gasteiger charge is 2.25. The van der Waals surface area contributed by atoms with Crippen LogP contribution in [0.15, 0.2) is 59.6 Å². The van der Waals surface area contributed by atoms with E-state index >= 15 is 0 Å². The number of likely N-dealkylation sites (tertiary alicyclic amines) is 1. The lowest BCUT2D eigenvalue weighted by Gasteiger charge is -2.20. The van der Waals surface area contributed by atoms with Crippen molar-refractivity contribution in [1.29, 1.82) is 0 Å². The molecular formula is C25H28N6O2. The quantitative estimate of drug-likeness (QED) is 0.469. The minimum Gasteiger partial charge on any atom is -0.467 e. The van der Waals surface area contributed by atoms with Crippen molar-refractivity contribution in [3.05, 3.63) is 66.5 Å². The van der Waals surface area contributed by atoms with Crippen molar-refractivity contribution in [3.8, 4) is 11.3 Å². The molecule has 0 radical (unpaired) electrons. The Bertz CT molecular complexity index is 1230. The summed E-state index contributed by atoms with van der Waals surface area (Å²) in [6.45, 7) is 7.64. The first-order valence-electron chi connectivity index (χ1n) is 11.4. The smallest absolute Gasteiger partial charge is 0.252 e. The number of nitrogens with one attached hydrogen (secondary N) is 1. The van der Waals surface area contributed by atoms with E-state index in [0.717, 1.165) is 36.2 Å². The molecule has 1 aliphatic heterocycles. The van der Waals surface area contributed by atoms with Crippen LogP contribution in [0.25, 0.3) is 22.3 Å². The van der Waals surface area contributed by atoms with Gasteiger partial charge in [-0.1, -0.05) is 0 Å². The van der Waals surface area contributed by atoms with Crippen LogP contribution in [0.4, 0.5) is 0 Å². The number of hydrogen-bond acceptors (Lipinski definition) is 6. The van der Waals surface area contributed by atoms with Crippen LogP contribution in [0.5, 0.6) is 0 Å². The highest BCUT2D eigenvalue weighted by molar-refractivity contribution is 6.06. The molecule has 1 saturated heterocycles. The zero-order valence-electron chi connectivity index (χ0n) is 18.9. The van der Waals surface area contributed by atoms with Crippen molar-refractivity contribution < 1.29 is 9.21 Å². The summed E-state index contributed by atoms with van der Waals surface area (Å²) < 4.78 is 7.25. The number of nitrogens with zero attached hydrogens (tertiary/aromatic N) is 5. The number of hydrogen-bond donors (Lipinski definition) is 1. The summed E-state index contributed by atoms with van der Waals surface area (Å²) in [5, 5.41) is 8.39. The Labute approximate surface area is 192 Å². The number of carbonyl (C=O) groups is 1. The van der Waals surface area contributed by atoms with Gasteiger partial charge < -0.3 is 14.6 Å². The maximum atomic E-state index is 13.3. The second kappa shape index (κ2) is 9.15. The van der Waals surface area contributed by atoms with Crippen molar-refractivity contribution in [2.45, 2.75) is 32.9 Å². The maximum Gasteiger partial charge on any atom is 0.252 e. The lowest BCUT2D eigenvalue weighted by Crippen LogP contribution is -2.33. The third kappa shape index (κ3) is 4.52. The highest BCUT2D eigenvalue weighted by atomic mass is 16.3. The van der Waals surface area contributed by atoms with Crippen molar-refractivity contribution in [2.75, 3.05) is 19.6 Å². The normalized spacial score (nSPS) is 16.6. The van der Waals surface area contributed by atoms with Crippen LogP contribution in [-0.2, 0) is 6.54 Å². The van der Waals surface area contributed by atoms with Crippen LogP contribution in [0, 0.1) is 5.92 Å². The molecule has 5 rings (SSSR count). The number of furan rings is 1. The number of fused-ring (bicyclic) bond motifs is 1. The topological polar surface area (TPSA) is 89.1 Å². The minimum atomic E-state index is -0.104. The lowest BCUT2D eigenvalue weighted by atomic mass is 10.1. The molecule has 4 aromatic heterocycles. The van der Waals surface area contributed by atoms with E-state index in [1.54, 1.807) is 29.5 Å². The van der Waals surface area contributed by atoms with Gasteiger partial charge in [-0.25, -0.2) is 9.67 Å². The first kappa shape index (κ1) is 21.3. The first-order chi connectivity index (χ1) is 16.1. The van der Waals surface area contributed by atoms with Crippen LogP contribution in [0.1, 0.15) is 36.4 Å². The van der Waals surface area contributed by atoms with E-state index in [4.69, 9.17) is 9.40 Å². The van der Waals surface area contributed by atoms with Crippen molar-refractivity contribution in [3.63, 3.8) is 0 Å². The van der Waals surface area contributed by atoms with Gasteiger partial charge in [0.2, 0.25) is 0 Å². The summed E-state index contributed by atoms with van der Waals surface area (Å²) >= 11 is 0. The fraction of sp³-hybridized carbons (Fsp3) is 0.360. The molecule has 4 aromatic rings. The molecule has 1 amide bonds. The summed E-state index contributed by atoms with van der Waals surface area (Å²) in [6, 6.07) is 9.92. The Morgan fingerprint density at radius 2 is 2.18 bits per heavy atom. The highest BCUT2D eigenvalue weighted by Crippen LogP contribution is 2.25. The fourth-order valence-electron chi connectivity index (χ4n) is 4.39. The third-order valence-corrected chi connectivity index (χ3v) is 6.30. The van der Waals surface area contributed by atoms with Gasteiger partial charge in [0, 0.05) is 37.1 Å². The van der Waals surface area contributed by atoms with Gasteiger partial charge in [0.25, 0.3) is 5.91 Å². The van der Waals surface area contributed by atoms with E-state index in [1.165, 1.54) is 0 Å². The average Bonchev–Trinajstić information content (AvgIpc) is 3.59. The van der Waals surface area contributed by atoms with Gasteiger partial charge in [0.1, 0.15) is 12.3 Å². The zero-order valence-corrected chi connectivity index (χ0v) is 18.9. The Morgan fingerprint density at radius 3 is 2.91 bits per heavy atom. The molecule has 8 nitrogen and oxygen atoms in total. The van der Waals surface area contributed by atoms with E-state index in [-0.39, 0.29) is 5.91 Å². The summed E-state index contributed by atoms with van der Waals surface area (Å²) in [5.41, 5.74) is 2.75. The van der Waals surface area contributed by atoms with E-state index < -0.39 is 0 Å². The predicted molar refractivity (Wildman–Crippen MR) is 126 cm³/mol. The number of pyridine rings is 2. The average molecular weight is 445 g/mol. The Kier molecular flexibility index (Phi) is 5.92. The third-order valence-electron chi connectivity index (χ3n) is 6.30. The molecule has 33 heavy (non-hydrogen) atoms. The molecule has 5 heterocycles. The molecule has 1 aliphatic rings. The predicted octanol–water partition coefficient (Wildman–Crippen LogP) is 3.59.